The molecule has 1 aromatic rings. The zero-order chi connectivity index (χ0) is 14.5. The van der Waals surface area contributed by atoms with Crippen LogP contribution in [0.2, 0.25) is 0 Å². The number of aryl methyl sites for hydroxylation is 1. The van der Waals surface area contributed by atoms with E-state index in [1.54, 1.807) is 0 Å². The third-order valence-electron chi connectivity index (χ3n) is 4.08. The molecule has 0 saturated carbocycles. The molecule has 1 aliphatic heterocycles. The van der Waals surface area contributed by atoms with Crippen LogP contribution in [0.25, 0.3) is 0 Å². The van der Waals surface area contributed by atoms with Crippen LogP contribution in [0.5, 0.6) is 0 Å². The van der Waals surface area contributed by atoms with E-state index in [9.17, 15) is 9.90 Å². The van der Waals surface area contributed by atoms with Crippen LogP contribution in [0.3, 0.4) is 0 Å². The van der Waals surface area contributed by atoms with Gasteiger partial charge in [0.1, 0.15) is 0 Å². The lowest BCUT2D eigenvalue weighted by atomic mass is 10.1. The van der Waals surface area contributed by atoms with Crippen LogP contribution in [0.15, 0.2) is 24.3 Å². The second kappa shape index (κ2) is 6.86. The average Bonchev–Trinajstić information content (AvgIpc) is 2.86. The van der Waals surface area contributed by atoms with E-state index in [1.165, 1.54) is 11.1 Å². The SMILES string of the molecule is Cc1ccccc1CCNC(=O)C(C)N1CC[C@H](O)C1. The number of likely N-dealkylation sites (tertiary alicyclic amines) is 1. The first kappa shape index (κ1) is 15.0. The van der Waals surface area contributed by atoms with E-state index >= 15 is 0 Å². The maximum absolute atomic E-state index is 12.1. The fourth-order valence-electron chi connectivity index (χ4n) is 2.64. The Kier molecular flexibility index (Phi) is 5.15. The van der Waals surface area contributed by atoms with Crippen LogP contribution in [-0.2, 0) is 11.2 Å². The van der Waals surface area contributed by atoms with Gasteiger partial charge >= 0.3 is 0 Å². The Morgan fingerprint density at radius 3 is 2.90 bits per heavy atom. The summed E-state index contributed by atoms with van der Waals surface area (Å²) in [6, 6.07) is 8.08. The lowest BCUT2D eigenvalue weighted by Crippen LogP contribution is -2.44. The minimum absolute atomic E-state index is 0.0488. The maximum Gasteiger partial charge on any atom is 0.237 e. The molecule has 2 N–H and O–H groups in total. The van der Waals surface area contributed by atoms with Gasteiger partial charge in [-0.3, -0.25) is 9.69 Å². The first-order valence-electron chi connectivity index (χ1n) is 7.32. The Morgan fingerprint density at radius 1 is 1.50 bits per heavy atom. The summed E-state index contributed by atoms with van der Waals surface area (Å²) >= 11 is 0. The molecule has 1 aromatic carbocycles. The number of β-amino-alcohol motifs (C(OH)–C–C–N with tert-alkyl or cyclic N) is 1. The fraction of sp³-hybridized carbons (Fsp3) is 0.562. The first-order chi connectivity index (χ1) is 9.58. The van der Waals surface area contributed by atoms with Gasteiger partial charge in [-0.1, -0.05) is 24.3 Å². The lowest BCUT2D eigenvalue weighted by molar-refractivity contribution is -0.125. The van der Waals surface area contributed by atoms with Crippen LogP contribution in [0, 0.1) is 6.92 Å². The Hall–Kier alpha value is -1.39. The van der Waals surface area contributed by atoms with Crippen molar-refractivity contribution in [2.75, 3.05) is 19.6 Å². The van der Waals surface area contributed by atoms with Crippen LogP contribution in [0.4, 0.5) is 0 Å². The number of carbonyl (C=O) groups is 1. The van der Waals surface area contributed by atoms with E-state index in [2.05, 4.69) is 24.4 Å². The summed E-state index contributed by atoms with van der Waals surface area (Å²) in [6.07, 6.45) is 1.34. The molecule has 20 heavy (non-hydrogen) atoms. The van der Waals surface area contributed by atoms with Gasteiger partial charge in [0.05, 0.1) is 12.1 Å². The topological polar surface area (TPSA) is 52.6 Å². The first-order valence-corrected chi connectivity index (χ1v) is 7.32. The van der Waals surface area contributed by atoms with Crippen LogP contribution < -0.4 is 5.32 Å². The molecule has 0 bridgehead atoms. The number of hydrogen-bond acceptors (Lipinski definition) is 3. The van der Waals surface area contributed by atoms with Gasteiger partial charge in [0.25, 0.3) is 0 Å². The predicted molar refractivity (Wildman–Crippen MR) is 79.6 cm³/mol. The highest BCUT2D eigenvalue weighted by atomic mass is 16.3. The molecule has 1 fully saturated rings. The number of carbonyl (C=O) groups excluding carboxylic acids is 1. The molecule has 110 valence electrons. The van der Waals surface area contributed by atoms with E-state index in [4.69, 9.17) is 0 Å². The van der Waals surface area contributed by atoms with Crippen molar-refractivity contribution in [3.05, 3.63) is 35.4 Å². The minimum atomic E-state index is -0.280. The highest BCUT2D eigenvalue weighted by Gasteiger charge is 2.28. The van der Waals surface area contributed by atoms with Crippen molar-refractivity contribution in [3.63, 3.8) is 0 Å². The molecule has 1 heterocycles. The lowest BCUT2D eigenvalue weighted by Gasteiger charge is -2.22. The molecule has 1 unspecified atom stereocenters. The van der Waals surface area contributed by atoms with Gasteiger partial charge in [0, 0.05) is 19.6 Å². The summed E-state index contributed by atoms with van der Waals surface area (Å²) in [5.41, 5.74) is 2.54. The van der Waals surface area contributed by atoms with E-state index in [1.807, 2.05) is 24.0 Å². The molecule has 0 spiro atoms. The van der Waals surface area contributed by atoms with Crippen molar-refractivity contribution >= 4 is 5.91 Å². The molecule has 0 aliphatic carbocycles. The second-order valence-corrected chi connectivity index (χ2v) is 5.58. The van der Waals surface area contributed by atoms with Gasteiger partial charge in [-0.25, -0.2) is 0 Å². The van der Waals surface area contributed by atoms with Crippen molar-refractivity contribution in [1.29, 1.82) is 0 Å². The Bertz CT molecular complexity index is 462. The molecule has 1 saturated heterocycles. The van der Waals surface area contributed by atoms with Crippen molar-refractivity contribution in [2.45, 2.75) is 38.8 Å². The number of aliphatic hydroxyl groups is 1. The van der Waals surface area contributed by atoms with Crippen LogP contribution in [0.1, 0.15) is 24.5 Å². The quantitative estimate of drug-likeness (QED) is 0.847. The summed E-state index contributed by atoms with van der Waals surface area (Å²) < 4.78 is 0. The zero-order valence-corrected chi connectivity index (χ0v) is 12.3. The third-order valence-corrected chi connectivity index (χ3v) is 4.08. The van der Waals surface area contributed by atoms with Crippen molar-refractivity contribution in [3.8, 4) is 0 Å². The zero-order valence-electron chi connectivity index (χ0n) is 12.3. The second-order valence-electron chi connectivity index (χ2n) is 5.58. The highest BCUT2D eigenvalue weighted by Crippen LogP contribution is 2.12. The minimum Gasteiger partial charge on any atom is -0.392 e. The van der Waals surface area contributed by atoms with Crippen molar-refractivity contribution in [1.82, 2.24) is 10.2 Å². The van der Waals surface area contributed by atoms with E-state index in [0.717, 1.165) is 19.4 Å². The maximum atomic E-state index is 12.1. The Labute approximate surface area is 120 Å². The molecule has 0 aromatic heterocycles. The van der Waals surface area contributed by atoms with Crippen molar-refractivity contribution in [2.24, 2.45) is 0 Å². The summed E-state index contributed by atoms with van der Waals surface area (Å²) in [6.45, 7) is 6.05. The molecule has 1 aliphatic rings. The van der Waals surface area contributed by atoms with Gasteiger partial charge in [0.15, 0.2) is 0 Å². The van der Waals surface area contributed by atoms with Gasteiger partial charge in [-0.2, -0.15) is 0 Å². The number of rotatable bonds is 5. The smallest absolute Gasteiger partial charge is 0.237 e. The molecule has 1 amide bonds. The van der Waals surface area contributed by atoms with E-state index in [0.29, 0.717) is 13.1 Å². The molecule has 2 atom stereocenters. The predicted octanol–water partition coefficient (Wildman–Crippen LogP) is 1.11. The fourth-order valence-corrected chi connectivity index (χ4v) is 2.64. The molecular weight excluding hydrogens is 252 g/mol. The van der Waals surface area contributed by atoms with Gasteiger partial charge in [0.2, 0.25) is 5.91 Å². The van der Waals surface area contributed by atoms with Crippen LogP contribution >= 0.6 is 0 Å². The molecule has 4 heteroatoms. The number of nitrogens with one attached hydrogen (secondary N) is 1. The Morgan fingerprint density at radius 2 is 2.25 bits per heavy atom. The van der Waals surface area contributed by atoms with Gasteiger partial charge in [-0.15, -0.1) is 0 Å². The molecule has 4 nitrogen and oxygen atoms in total. The number of hydrogen-bond donors (Lipinski definition) is 2. The summed E-state index contributed by atoms with van der Waals surface area (Å²) in [7, 11) is 0. The monoisotopic (exact) mass is 276 g/mol. The van der Waals surface area contributed by atoms with E-state index in [-0.39, 0.29) is 18.1 Å². The summed E-state index contributed by atoms with van der Waals surface area (Å²) in [5, 5.41) is 12.5. The number of aliphatic hydroxyl groups excluding tert-OH is 1. The highest BCUT2D eigenvalue weighted by molar-refractivity contribution is 5.81. The Balaban J connectivity index is 1.76. The largest absolute Gasteiger partial charge is 0.392 e. The summed E-state index contributed by atoms with van der Waals surface area (Å²) in [5.74, 6) is 0.0488. The number of benzene rings is 1. The van der Waals surface area contributed by atoms with Crippen molar-refractivity contribution < 1.29 is 9.90 Å². The average molecular weight is 276 g/mol. The van der Waals surface area contributed by atoms with Gasteiger partial charge in [-0.05, 0) is 37.8 Å². The summed E-state index contributed by atoms with van der Waals surface area (Å²) in [4.78, 5) is 14.1. The normalized spacial score (nSPS) is 20.9. The third kappa shape index (κ3) is 3.81. The van der Waals surface area contributed by atoms with Gasteiger partial charge < -0.3 is 10.4 Å². The molecular formula is C16H24N2O2. The number of nitrogens with zero attached hydrogens (tertiary/aromatic N) is 1. The standard InChI is InChI=1S/C16H24N2O2/c1-12-5-3-4-6-14(12)7-9-17-16(20)13(2)18-10-8-15(19)11-18/h3-6,13,15,19H,7-11H2,1-2H3,(H,17,20)/t13?,15-/m0/s1. The van der Waals surface area contributed by atoms with E-state index < -0.39 is 0 Å². The number of amides is 1. The molecule has 0 radical (unpaired) electrons. The van der Waals surface area contributed by atoms with Crippen LogP contribution in [-0.4, -0.2) is 47.7 Å². The molecule has 2 rings (SSSR count).